The Morgan fingerprint density at radius 1 is 1.28 bits per heavy atom. The number of anilines is 1. The van der Waals surface area contributed by atoms with Crippen molar-refractivity contribution in [1.82, 2.24) is 14.8 Å². The molecule has 0 aliphatic rings. The molecule has 3 heterocycles. The minimum absolute atomic E-state index is 0.0578. The van der Waals surface area contributed by atoms with Crippen molar-refractivity contribution in [2.45, 2.75) is 38.9 Å². The van der Waals surface area contributed by atoms with E-state index in [2.05, 4.69) is 15.5 Å². The van der Waals surface area contributed by atoms with Crippen molar-refractivity contribution in [1.29, 1.82) is 0 Å². The molecule has 0 saturated heterocycles. The first-order chi connectivity index (χ1) is 15.3. The fourth-order valence-electron chi connectivity index (χ4n) is 3.02. The summed E-state index contributed by atoms with van der Waals surface area (Å²) in [7, 11) is 0. The largest absolute Gasteiger partial charge is 0.462 e. The maximum absolute atomic E-state index is 12.6. The van der Waals surface area contributed by atoms with Gasteiger partial charge in [0.25, 0.3) is 5.91 Å². The van der Waals surface area contributed by atoms with Crippen LogP contribution in [0.25, 0.3) is 0 Å². The minimum Gasteiger partial charge on any atom is -0.462 e. The van der Waals surface area contributed by atoms with Gasteiger partial charge in [0.15, 0.2) is 5.16 Å². The van der Waals surface area contributed by atoms with Gasteiger partial charge in [-0.3, -0.25) is 9.59 Å². The lowest BCUT2D eigenvalue weighted by Gasteiger charge is -2.08. The second kappa shape index (κ2) is 10.7. The van der Waals surface area contributed by atoms with Crippen LogP contribution in [-0.2, 0) is 22.5 Å². The molecule has 3 N–H and O–H groups in total. The predicted molar refractivity (Wildman–Crippen MR) is 126 cm³/mol. The molecule has 3 aromatic heterocycles. The molecule has 2 amide bonds. The molecule has 0 aromatic carbocycles. The molecule has 0 unspecified atom stereocenters. The Hall–Kier alpha value is -2.70. The van der Waals surface area contributed by atoms with Crippen LogP contribution in [0.1, 0.15) is 50.1 Å². The summed E-state index contributed by atoms with van der Waals surface area (Å²) in [5, 5.41) is 14.1. The second-order valence-electron chi connectivity index (χ2n) is 6.58. The number of ether oxygens (including phenoxy) is 1. The third-order valence-electron chi connectivity index (χ3n) is 4.46. The van der Waals surface area contributed by atoms with Crippen LogP contribution < -0.4 is 11.1 Å². The van der Waals surface area contributed by atoms with Crippen molar-refractivity contribution in [2.24, 2.45) is 5.73 Å². The van der Waals surface area contributed by atoms with Gasteiger partial charge in [-0.05, 0) is 37.8 Å². The molecule has 0 aliphatic carbocycles. The number of nitrogens with zero attached hydrogens (tertiary/aromatic N) is 3. The average Bonchev–Trinajstić information content (AvgIpc) is 3.46. The van der Waals surface area contributed by atoms with Gasteiger partial charge in [0.05, 0.1) is 22.8 Å². The first kappa shape index (κ1) is 24.0. The van der Waals surface area contributed by atoms with Gasteiger partial charge in [-0.1, -0.05) is 17.8 Å². The lowest BCUT2D eigenvalue weighted by Crippen LogP contribution is -2.17. The van der Waals surface area contributed by atoms with Gasteiger partial charge in [0.2, 0.25) is 5.91 Å². The van der Waals surface area contributed by atoms with E-state index in [1.165, 1.54) is 16.6 Å². The number of carbonyl (C=O) groups excluding carboxylic acids is 3. The van der Waals surface area contributed by atoms with Gasteiger partial charge >= 0.3 is 5.97 Å². The SMILES string of the molecule is CCOC(=O)c1c(NC(=O)CSc2nnc(Cc3cccs3)n2CC)sc(C(N)=O)c1C. The summed E-state index contributed by atoms with van der Waals surface area (Å²) in [6.45, 7) is 6.13. The van der Waals surface area contributed by atoms with Gasteiger partial charge in [0, 0.05) is 17.8 Å². The molecule has 0 fully saturated rings. The van der Waals surface area contributed by atoms with Gasteiger partial charge in [0.1, 0.15) is 10.8 Å². The molecule has 170 valence electrons. The summed E-state index contributed by atoms with van der Waals surface area (Å²) in [6, 6.07) is 4.04. The highest BCUT2D eigenvalue weighted by molar-refractivity contribution is 7.99. The Bertz CT molecular complexity index is 1120. The van der Waals surface area contributed by atoms with Crippen molar-refractivity contribution in [2.75, 3.05) is 17.7 Å². The fraction of sp³-hybridized carbons (Fsp3) is 0.350. The van der Waals surface area contributed by atoms with E-state index in [0.717, 1.165) is 17.2 Å². The highest BCUT2D eigenvalue weighted by Gasteiger charge is 2.26. The maximum Gasteiger partial charge on any atom is 0.341 e. The number of nitrogens with one attached hydrogen (secondary N) is 1. The van der Waals surface area contributed by atoms with E-state index >= 15 is 0 Å². The Balaban J connectivity index is 1.71. The third-order valence-corrected chi connectivity index (χ3v) is 7.52. The van der Waals surface area contributed by atoms with E-state index in [4.69, 9.17) is 10.5 Å². The highest BCUT2D eigenvalue weighted by atomic mass is 32.2. The van der Waals surface area contributed by atoms with Gasteiger partial charge in [-0.2, -0.15) is 0 Å². The molecule has 12 heteroatoms. The quantitative estimate of drug-likeness (QED) is 0.327. The van der Waals surface area contributed by atoms with Crippen molar-refractivity contribution in [3.8, 4) is 0 Å². The summed E-state index contributed by atoms with van der Waals surface area (Å²) in [5.41, 5.74) is 5.95. The molecule has 3 aromatic rings. The maximum atomic E-state index is 12.6. The van der Waals surface area contributed by atoms with Gasteiger partial charge in [-0.15, -0.1) is 32.9 Å². The zero-order valence-corrected chi connectivity index (χ0v) is 20.3. The van der Waals surface area contributed by atoms with Crippen molar-refractivity contribution < 1.29 is 19.1 Å². The first-order valence-electron chi connectivity index (χ1n) is 9.83. The number of thiophene rings is 2. The smallest absolute Gasteiger partial charge is 0.341 e. The summed E-state index contributed by atoms with van der Waals surface area (Å²) in [4.78, 5) is 38.1. The highest BCUT2D eigenvalue weighted by Crippen LogP contribution is 2.34. The third kappa shape index (κ3) is 5.37. The van der Waals surface area contributed by atoms with Crippen LogP contribution in [0.2, 0.25) is 0 Å². The minimum atomic E-state index is -0.665. The first-order valence-corrected chi connectivity index (χ1v) is 12.5. The van der Waals surface area contributed by atoms with Crippen LogP contribution in [-0.4, -0.2) is 44.9 Å². The van der Waals surface area contributed by atoms with E-state index in [1.807, 2.05) is 29.0 Å². The molecule has 9 nitrogen and oxygen atoms in total. The summed E-state index contributed by atoms with van der Waals surface area (Å²) in [5.74, 6) is -0.726. The molecule has 0 atom stereocenters. The summed E-state index contributed by atoms with van der Waals surface area (Å²) in [6.07, 6.45) is 0.679. The van der Waals surface area contributed by atoms with E-state index < -0.39 is 11.9 Å². The van der Waals surface area contributed by atoms with Crippen molar-refractivity contribution >= 4 is 57.2 Å². The molecule has 32 heavy (non-hydrogen) atoms. The van der Waals surface area contributed by atoms with Crippen LogP contribution in [0.15, 0.2) is 22.7 Å². The number of nitrogens with two attached hydrogens (primary N) is 1. The number of aromatic nitrogens is 3. The molecule has 3 rings (SSSR count). The Kier molecular flexibility index (Phi) is 8.04. The van der Waals surface area contributed by atoms with E-state index in [0.29, 0.717) is 23.7 Å². The predicted octanol–water partition coefficient (Wildman–Crippen LogP) is 3.33. The van der Waals surface area contributed by atoms with Crippen LogP contribution in [0, 0.1) is 6.92 Å². The van der Waals surface area contributed by atoms with Crippen LogP contribution in [0.5, 0.6) is 0 Å². The van der Waals surface area contributed by atoms with Gasteiger partial charge in [-0.25, -0.2) is 4.79 Å². The van der Waals surface area contributed by atoms with E-state index in [9.17, 15) is 14.4 Å². The van der Waals surface area contributed by atoms with Crippen LogP contribution in [0.3, 0.4) is 0 Å². The van der Waals surface area contributed by atoms with Gasteiger partial charge < -0.3 is 20.4 Å². The lowest BCUT2D eigenvalue weighted by molar-refractivity contribution is -0.113. The normalized spacial score (nSPS) is 10.8. The molecular formula is C20H23N5O4S3. The molecular weight excluding hydrogens is 470 g/mol. The lowest BCUT2D eigenvalue weighted by atomic mass is 10.1. The molecule has 0 saturated carbocycles. The molecule has 0 aliphatic heterocycles. The van der Waals surface area contributed by atoms with Crippen LogP contribution in [0.4, 0.5) is 5.00 Å². The fourth-order valence-corrected chi connectivity index (χ4v) is 5.61. The number of carbonyl (C=O) groups is 3. The van der Waals surface area contributed by atoms with Crippen molar-refractivity contribution in [3.63, 3.8) is 0 Å². The topological polar surface area (TPSA) is 129 Å². The molecule has 0 bridgehead atoms. The second-order valence-corrected chi connectivity index (χ2v) is 9.58. The number of amides is 2. The Morgan fingerprint density at radius 2 is 2.06 bits per heavy atom. The summed E-state index contributed by atoms with van der Waals surface area (Å²) >= 11 is 3.87. The number of primary amides is 1. The Labute approximate surface area is 197 Å². The van der Waals surface area contributed by atoms with E-state index in [-0.39, 0.29) is 33.7 Å². The van der Waals surface area contributed by atoms with Crippen LogP contribution >= 0.6 is 34.4 Å². The molecule has 0 radical (unpaired) electrons. The standard InChI is InChI=1S/C20H23N5O4S3/c1-4-25-13(9-12-7-6-8-30-12)23-24-20(25)31-10-14(26)22-18-15(19(28)29-5-2)11(3)16(32-18)17(21)27/h6-8H,4-5,9-10H2,1-3H3,(H2,21,27)(H,22,26). The Morgan fingerprint density at radius 3 is 2.69 bits per heavy atom. The number of hydrogen-bond acceptors (Lipinski definition) is 9. The molecule has 0 spiro atoms. The zero-order chi connectivity index (χ0) is 23.3. The summed E-state index contributed by atoms with van der Waals surface area (Å²) < 4.78 is 7.04. The monoisotopic (exact) mass is 493 g/mol. The zero-order valence-electron chi connectivity index (χ0n) is 17.8. The number of rotatable bonds is 10. The number of thioether (sulfide) groups is 1. The number of hydrogen-bond donors (Lipinski definition) is 2. The average molecular weight is 494 g/mol. The van der Waals surface area contributed by atoms with E-state index in [1.54, 1.807) is 25.2 Å². The number of esters is 1. The van der Waals surface area contributed by atoms with Crippen molar-refractivity contribution in [3.05, 3.63) is 44.2 Å².